The van der Waals surface area contributed by atoms with Gasteiger partial charge in [-0.25, -0.2) is 4.79 Å². The number of hydrogen-bond donors (Lipinski definition) is 7. The Bertz CT molecular complexity index is 1560. The van der Waals surface area contributed by atoms with Crippen molar-refractivity contribution >= 4 is 47.2 Å². The highest BCUT2D eigenvalue weighted by atomic mass is 16.8. The Kier molecular flexibility index (Phi) is 14.7. The van der Waals surface area contributed by atoms with Crippen LogP contribution in [0.4, 0.5) is 10.5 Å². The van der Waals surface area contributed by atoms with Gasteiger partial charge in [0.2, 0.25) is 17.7 Å². The summed E-state index contributed by atoms with van der Waals surface area (Å²) in [6, 6.07) is 3.24. The molecule has 3 heterocycles. The number of urea groups is 1. The lowest BCUT2D eigenvalue weighted by molar-refractivity contribution is -0.208. The molecule has 1 aromatic carbocycles. The lowest BCUT2D eigenvalue weighted by atomic mass is 10.0. The molecule has 5 unspecified atom stereocenters. The van der Waals surface area contributed by atoms with Crippen molar-refractivity contribution in [2.24, 2.45) is 17.4 Å². The SMILES string of the molecule is CC(C)[C@@H](NC(=O)C1OC2OC(C)(C)OC2C1NC(=O)CCCCN1C(=O)C=CC1=O)C(=O)NC(CCCNC(N)=O)C(=O)Nc1ccc(CCN)cc1. The minimum atomic E-state index is -1.30. The van der Waals surface area contributed by atoms with Crippen LogP contribution in [0.15, 0.2) is 36.4 Å². The van der Waals surface area contributed by atoms with Crippen LogP contribution in [0, 0.1) is 5.92 Å². The topological polar surface area (TPSA) is 263 Å². The van der Waals surface area contributed by atoms with Crippen molar-refractivity contribution in [3.8, 4) is 0 Å². The van der Waals surface area contributed by atoms with E-state index in [9.17, 15) is 33.6 Å². The van der Waals surface area contributed by atoms with Crippen LogP contribution < -0.4 is 38.1 Å². The fraction of sp³-hybridized carbons (Fsp3) is 0.583. The number of nitrogens with zero attached hydrogens (tertiary/aromatic N) is 1. The fourth-order valence-corrected chi connectivity index (χ4v) is 6.32. The van der Waals surface area contributed by atoms with Crippen molar-refractivity contribution in [3.63, 3.8) is 0 Å². The summed E-state index contributed by atoms with van der Waals surface area (Å²) in [5.74, 6) is -4.59. The van der Waals surface area contributed by atoms with Crippen LogP contribution in [0.1, 0.15) is 65.4 Å². The first-order valence-corrected chi connectivity index (χ1v) is 18.2. The van der Waals surface area contributed by atoms with Gasteiger partial charge in [-0.05, 0) is 76.1 Å². The maximum atomic E-state index is 13.8. The summed E-state index contributed by atoms with van der Waals surface area (Å²) in [4.78, 5) is 90.0. The molecule has 3 aliphatic heterocycles. The van der Waals surface area contributed by atoms with Gasteiger partial charge in [0.1, 0.15) is 18.2 Å². The molecule has 3 aliphatic rings. The van der Waals surface area contributed by atoms with E-state index in [-0.39, 0.29) is 25.9 Å². The van der Waals surface area contributed by atoms with Crippen LogP contribution in [0.25, 0.3) is 0 Å². The minimum Gasteiger partial charge on any atom is -0.352 e. The second-order valence-electron chi connectivity index (χ2n) is 14.2. The number of carbonyl (C=O) groups is 7. The largest absolute Gasteiger partial charge is 0.352 e. The van der Waals surface area contributed by atoms with Crippen molar-refractivity contribution < 1.29 is 47.8 Å². The smallest absolute Gasteiger partial charge is 0.312 e. The standard InChI is InChI=1S/C36H52N8O10/c1-20(2)27(32(49)41-23(8-7-18-39-35(38)51)31(48)40-22-12-10-21(11-13-22)16-17-37)43-33(50)29-28(30-34(52-29)54-36(3,4)53-30)42-24(45)9-5-6-19-44-25(46)14-15-26(44)47/h10-15,20,23,27-30,34H,5-9,16-19,37H2,1-4H3,(H,40,48)(H,41,49)(H,42,45)(H,43,50)(H3,38,39,51)/t23?,27-,28?,29?,30?,34?/m1/s1. The van der Waals surface area contributed by atoms with E-state index in [0.717, 1.165) is 10.5 Å². The summed E-state index contributed by atoms with van der Waals surface area (Å²) in [5, 5.41) is 13.6. The highest BCUT2D eigenvalue weighted by molar-refractivity contribution is 6.12. The molecule has 2 saturated heterocycles. The Balaban J connectivity index is 1.41. The van der Waals surface area contributed by atoms with Crippen LogP contribution in [-0.4, -0.2) is 108 Å². The molecule has 18 heteroatoms. The number of nitrogens with two attached hydrogens (primary N) is 2. The highest BCUT2D eigenvalue weighted by Gasteiger charge is 2.57. The third kappa shape index (κ3) is 11.5. The van der Waals surface area contributed by atoms with E-state index in [4.69, 9.17) is 25.7 Å². The van der Waals surface area contributed by atoms with E-state index in [1.807, 2.05) is 12.1 Å². The van der Waals surface area contributed by atoms with Crippen LogP contribution in [-0.2, 0) is 49.4 Å². The molecule has 6 atom stereocenters. The van der Waals surface area contributed by atoms with E-state index in [0.29, 0.717) is 37.9 Å². The van der Waals surface area contributed by atoms with E-state index in [1.165, 1.54) is 12.2 Å². The van der Waals surface area contributed by atoms with Crippen LogP contribution in [0.2, 0.25) is 0 Å². The fourth-order valence-electron chi connectivity index (χ4n) is 6.32. The second-order valence-corrected chi connectivity index (χ2v) is 14.2. The molecule has 0 bridgehead atoms. The maximum absolute atomic E-state index is 13.8. The van der Waals surface area contributed by atoms with Crippen molar-refractivity contribution in [2.75, 3.05) is 25.0 Å². The van der Waals surface area contributed by atoms with Crippen LogP contribution in [0.3, 0.4) is 0 Å². The molecule has 18 nitrogen and oxygen atoms in total. The molecular formula is C36H52N8O10. The number of carbonyl (C=O) groups excluding carboxylic acids is 7. The second kappa shape index (κ2) is 18.9. The number of fused-ring (bicyclic) bond motifs is 1. The zero-order chi connectivity index (χ0) is 39.6. The highest BCUT2D eigenvalue weighted by Crippen LogP contribution is 2.37. The van der Waals surface area contributed by atoms with Gasteiger partial charge in [0.25, 0.3) is 17.7 Å². The number of primary amides is 1. The number of amides is 8. The number of hydrogen-bond acceptors (Lipinski definition) is 11. The van der Waals surface area contributed by atoms with Crippen molar-refractivity contribution in [1.82, 2.24) is 26.2 Å². The number of unbranched alkanes of at least 4 members (excludes halogenated alkanes) is 1. The average molecular weight is 757 g/mol. The molecule has 0 radical (unpaired) electrons. The number of nitrogens with one attached hydrogen (secondary N) is 5. The van der Waals surface area contributed by atoms with Crippen molar-refractivity contribution in [1.29, 1.82) is 0 Å². The average Bonchev–Trinajstić information content (AvgIpc) is 3.71. The molecule has 54 heavy (non-hydrogen) atoms. The van der Waals surface area contributed by atoms with Gasteiger partial charge in [-0.3, -0.25) is 33.7 Å². The van der Waals surface area contributed by atoms with Gasteiger partial charge < -0.3 is 52.3 Å². The van der Waals surface area contributed by atoms with Crippen LogP contribution >= 0.6 is 0 Å². The first-order valence-electron chi connectivity index (χ1n) is 18.2. The number of anilines is 1. The van der Waals surface area contributed by atoms with Gasteiger partial charge in [0, 0.05) is 37.3 Å². The zero-order valence-corrected chi connectivity index (χ0v) is 31.1. The number of rotatable bonds is 19. The molecule has 0 saturated carbocycles. The summed E-state index contributed by atoms with van der Waals surface area (Å²) in [6.45, 7) is 7.59. The van der Waals surface area contributed by atoms with Crippen molar-refractivity contribution in [2.45, 2.75) is 109 Å². The van der Waals surface area contributed by atoms with Gasteiger partial charge >= 0.3 is 6.03 Å². The van der Waals surface area contributed by atoms with E-state index in [2.05, 4.69) is 26.6 Å². The minimum absolute atomic E-state index is 0.0312. The van der Waals surface area contributed by atoms with E-state index in [1.54, 1.807) is 39.8 Å². The van der Waals surface area contributed by atoms with Gasteiger partial charge in [0.05, 0.1) is 6.04 Å². The normalized spacial score (nSPS) is 22.4. The summed E-state index contributed by atoms with van der Waals surface area (Å²) in [5.41, 5.74) is 12.3. The molecule has 9 N–H and O–H groups in total. The van der Waals surface area contributed by atoms with Gasteiger partial charge in [0.15, 0.2) is 18.2 Å². The number of imide groups is 1. The molecular weight excluding hydrogens is 704 g/mol. The molecule has 0 aliphatic carbocycles. The number of benzene rings is 1. The van der Waals surface area contributed by atoms with E-state index < -0.39 is 89.8 Å². The molecule has 1 aromatic rings. The summed E-state index contributed by atoms with van der Waals surface area (Å²) >= 11 is 0. The Labute approximate surface area is 313 Å². The Morgan fingerprint density at radius 3 is 2.24 bits per heavy atom. The summed E-state index contributed by atoms with van der Waals surface area (Å²) in [7, 11) is 0. The molecule has 4 rings (SSSR count). The maximum Gasteiger partial charge on any atom is 0.312 e. The monoisotopic (exact) mass is 756 g/mol. The third-order valence-corrected chi connectivity index (χ3v) is 9.07. The molecule has 8 amide bonds. The predicted octanol–water partition coefficient (Wildman–Crippen LogP) is -0.343. The summed E-state index contributed by atoms with van der Waals surface area (Å²) < 4.78 is 17.8. The van der Waals surface area contributed by atoms with Crippen molar-refractivity contribution in [3.05, 3.63) is 42.0 Å². The Hall–Kier alpha value is -4.91. The Morgan fingerprint density at radius 1 is 0.926 bits per heavy atom. The molecule has 0 spiro atoms. The van der Waals surface area contributed by atoms with Gasteiger partial charge in [-0.15, -0.1) is 0 Å². The first-order chi connectivity index (χ1) is 25.6. The summed E-state index contributed by atoms with van der Waals surface area (Å²) in [6.07, 6.45) is 1.15. The third-order valence-electron chi connectivity index (χ3n) is 9.07. The molecule has 2 fully saturated rings. The van der Waals surface area contributed by atoms with Gasteiger partial charge in [-0.1, -0.05) is 26.0 Å². The van der Waals surface area contributed by atoms with E-state index >= 15 is 0 Å². The molecule has 0 aromatic heterocycles. The zero-order valence-electron chi connectivity index (χ0n) is 31.1. The van der Waals surface area contributed by atoms with Gasteiger partial charge in [-0.2, -0.15) is 0 Å². The lowest BCUT2D eigenvalue weighted by Crippen LogP contribution is -2.59. The lowest BCUT2D eigenvalue weighted by Gasteiger charge is -2.29. The first kappa shape index (κ1) is 41.8. The van der Waals surface area contributed by atoms with Crippen LogP contribution in [0.5, 0.6) is 0 Å². The Morgan fingerprint density at radius 2 is 1.61 bits per heavy atom. The number of ether oxygens (including phenoxy) is 3. The molecule has 296 valence electrons. The quantitative estimate of drug-likeness (QED) is 0.0709. The predicted molar refractivity (Wildman–Crippen MR) is 194 cm³/mol.